The van der Waals surface area contributed by atoms with Gasteiger partial charge in [-0.2, -0.15) is 6.42 Å². The van der Waals surface area contributed by atoms with E-state index >= 15 is 0 Å². The Bertz CT molecular complexity index is 64.9. The summed E-state index contributed by atoms with van der Waals surface area (Å²) in [5.74, 6) is 0.889. The van der Waals surface area contributed by atoms with Gasteiger partial charge in [0.15, 0.2) is 0 Å². The molecule has 0 atom stereocenters. The molecule has 0 saturated heterocycles. The molecule has 0 aromatic heterocycles. The Morgan fingerprint density at radius 1 is 1.00 bits per heavy atom. The zero-order valence-electron chi connectivity index (χ0n) is 8.53. The molecule has 0 unspecified atom stereocenters. The number of unbranched alkanes of at least 4 members (excludes halogenated alkanes) is 4. The molecule has 1 nitrogen and oxygen atoms in total. The van der Waals surface area contributed by atoms with Crippen molar-refractivity contribution in [2.45, 2.75) is 52.4 Å². The summed E-state index contributed by atoms with van der Waals surface area (Å²) in [4.78, 5) is 0. The Hall–Kier alpha value is 0.674. The van der Waals surface area contributed by atoms with E-state index in [2.05, 4.69) is 20.8 Å². The summed E-state index contributed by atoms with van der Waals surface area (Å²) >= 11 is 0. The monoisotopic (exact) mass is 207 g/mol. The third kappa shape index (κ3) is 17.0. The minimum Gasteiger partial charge on any atom is -0.412 e. The van der Waals surface area contributed by atoms with Crippen LogP contribution in [0.4, 0.5) is 0 Å². The normalized spacial score (nSPS) is 9.00. The van der Waals surface area contributed by atoms with Gasteiger partial charge in [0, 0.05) is 21.7 Å². The Morgan fingerprint density at radius 2 is 1.50 bits per heavy atom. The van der Waals surface area contributed by atoms with Crippen LogP contribution in [0, 0.1) is 12.8 Å². The molecule has 0 rings (SSSR count). The van der Waals surface area contributed by atoms with Gasteiger partial charge in [0.25, 0.3) is 0 Å². The Labute approximate surface area is 92.5 Å². The topological polar surface area (TPSA) is 31.5 Å². The molecule has 0 saturated carbocycles. The molecule has 2 N–H and O–H groups in total. The van der Waals surface area contributed by atoms with Crippen LogP contribution in [0.15, 0.2) is 0 Å². The fraction of sp³-hybridized carbons (Fsp3) is 0.900. The maximum atomic E-state index is 3.82. The quantitative estimate of drug-likeness (QED) is 0.364. The molecule has 0 fully saturated rings. The molecule has 0 aromatic carbocycles. The third-order valence-electron chi connectivity index (χ3n) is 1.78. The van der Waals surface area contributed by atoms with Gasteiger partial charge in [-0.1, -0.05) is 46.0 Å². The first-order chi connectivity index (χ1) is 4.77. The van der Waals surface area contributed by atoms with Crippen LogP contribution in [-0.4, -0.2) is 5.48 Å². The van der Waals surface area contributed by atoms with Crippen LogP contribution in [0.3, 0.4) is 0 Å². The molecule has 2 heteroatoms. The molecule has 0 aliphatic rings. The van der Waals surface area contributed by atoms with Crippen molar-refractivity contribution < 1.29 is 27.2 Å². The molecule has 12 heavy (non-hydrogen) atoms. The van der Waals surface area contributed by atoms with E-state index in [1.807, 2.05) is 0 Å². The Kier molecular flexibility index (Phi) is 21.9. The molecule has 0 radical (unpaired) electrons. The average molecular weight is 207 g/mol. The summed E-state index contributed by atoms with van der Waals surface area (Å²) in [5.41, 5.74) is 0. The van der Waals surface area contributed by atoms with Crippen LogP contribution in [0.2, 0.25) is 0 Å². The molecule has 0 heterocycles. The molecule has 0 aliphatic heterocycles. The van der Waals surface area contributed by atoms with Gasteiger partial charge >= 0.3 is 0 Å². The summed E-state index contributed by atoms with van der Waals surface area (Å²) in [6, 6.07) is 0. The van der Waals surface area contributed by atoms with Crippen LogP contribution in [0.1, 0.15) is 52.4 Å². The summed E-state index contributed by atoms with van der Waals surface area (Å²) < 4.78 is 0. The zero-order chi connectivity index (χ0) is 7.82. The van der Waals surface area contributed by atoms with Gasteiger partial charge in [-0.05, 0) is 5.92 Å². The number of hydrogen-bond acceptors (Lipinski definition) is 0. The fourth-order valence-corrected chi connectivity index (χ4v) is 1.08. The van der Waals surface area contributed by atoms with Crippen LogP contribution in [0.25, 0.3) is 0 Å². The maximum absolute atomic E-state index is 3.82. The van der Waals surface area contributed by atoms with E-state index in [0.29, 0.717) is 0 Å². The van der Waals surface area contributed by atoms with Gasteiger partial charge in [-0.25, -0.2) is 0 Å². The molecular formula is C10H23OTi-. The van der Waals surface area contributed by atoms with Crippen molar-refractivity contribution in [1.29, 1.82) is 0 Å². The van der Waals surface area contributed by atoms with E-state index in [0.717, 1.165) is 12.3 Å². The standard InChI is InChI=1S/C10H21.H2O.Ti/c1-4-5-6-7-8-9-10(2)3;;/h10H,1,4-9H2,2-3H3;1H2;/q-1;;. The second kappa shape index (κ2) is 14.2. The number of rotatable bonds is 6. The van der Waals surface area contributed by atoms with E-state index in [1.54, 1.807) is 0 Å². The summed E-state index contributed by atoms with van der Waals surface area (Å²) in [6.07, 6.45) is 8.04. The minimum absolute atomic E-state index is 0. The van der Waals surface area contributed by atoms with E-state index in [9.17, 15) is 0 Å². The van der Waals surface area contributed by atoms with Gasteiger partial charge in [-0.15, -0.1) is 0 Å². The van der Waals surface area contributed by atoms with E-state index in [4.69, 9.17) is 0 Å². The molecular weight excluding hydrogens is 184 g/mol. The molecule has 0 aliphatic carbocycles. The number of hydrogen-bond donors (Lipinski definition) is 0. The van der Waals surface area contributed by atoms with E-state index in [1.165, 1.54) is 32.1 Å². The van der Waals surface area contributed by atoms with E-state index < -0.39 is 0 Å². The van der Waals surface area contributed by atoms with Gasteiger partial charge < -0.3 is 12.4 Å². The molecule has 0 bridgehead atoms. The largest absolute Gasteiger partial charge is 0.412 e. The predicted octanol–water partition coefficient (Wildman–Crippen LogP) is 2.99. The molecule has 0 spiro atoms. The van der Waals surface area contributed by atoms with Gasteiger partial charge in [-0.3, -0.25) is 0 Å². The van der Waals surface area contributed by atoms with Crippen LogP contribution in [0.5, 0.6) is 0 Å². The maximum Gasteiger partial charge on any atom is 0 e. The summed E-state index contributed by atoms with van der Waals surface area (Å²) in [7, 11) is 0. The van der Waals surface area contributed by atoms with Crippen molar-refractivity contribution >= 4 is 0 Å². The second-order valence-corrected chi connectivity index (χ2v) is 3.45. The third-order valence-corrected chi connectivity index (χ3v) is 1.78. The van der Waals surface area contributed by atoms with Crippen molar-refractivity contribution in [2.75, 3.05) is 0 Å². The van der Waals surface area contributed by atoms with Gasteiger partial charge in [0.1, 0.15) is 0 Å². The van der Waals surface area contributed by atoms with Gasteiger partial charge in [0.05, 0.1) is 0 Å². The van der Waals surface area contributed by atoms with Crippen LogP contribution >= 0.6 is 0 Å². The predicted molar refractivity (Wildman–Crippen MR) is 51.5 cm³/mol. The van der Waals surface area contributed by atoms with Gasteiger partial charge in [0.2, 0.25) is 0 Å². The SMILES string of the molecule is O.[CH2-]CCCCCCC(C)C.[Ti]. The van der Waals surface area contributed by atoms with Crippen molar-refractivity contribution in [2.24, 2.45) is 5.92 Å². The summed E-state index contributed by atoms with van der Waals surface area (Å²) in [5, 5.41) is 0. The first kappa shape index (κ1) is 18.5. The molecule has 74 valence electrons. The van der Waals surface area contributed by atoms with Crippen molar-refractivity contribution in [3.8, 4) is 0 Å². The van der Waals surface area contributed by atoms with Crippen molar-refractivity contribution in [3.63, 3.8) is 0 Å². The molecule has 0 amide bonds. The van der Waals surface area contributed by atoms with Crippen molar-refractivity contribution in [1.82, 2.24) is 0 Å². The van der Waals surface area contributed by atoms with E-state index in [-0.39, 0.29) is 27.2 Å². The average Bonchev–Trinajstić information content (AvgIpc) is 1.87. The Morgan fingerprint density at radius 3 is 1.92 bits per heavy atom. The smallest absolute Gasteiger partial charge is 0 e. The summed E-state index contributed by atoms with van der Waals surface area (Å²) in [6.45, 7) is 8.40. The Balaban J connectivity index is -0.000000405. The zero-order valence-corrected chi connectivity index (χ0v) is 10.1. The van der Waals surface area contributed by atoms with Crippen LogP contribution < -0.4 is 0 Å². The minimum atomic E-state index is 0. The first-order valence-electron chi connectivity index (χ1n) is 4.56. The van der Waals surface area contributed by atoms with Crippen molar-refractivity contribution in [3.05, 3.63) is 6.92 Å². The molecule has 0 aromatic rings. The van der Waals surface area contributed by atoms with Crippen LogP contribution in [-0.2, 0) is 21.7 Å². The first-order valence-corrected chi connectivity index (χ1v) is 4.56. The second-order valence-electron chi connectivity index (χ2n) is 3.45. The fourth-order valence-electron chi connectivity index (χ4n) is 1.08.